The molecule has 1 N–H and O–H groups in total. The van der Waals surface area contributed by atoms with Gasteiger partial charge in [-0.05, 0) is 19.1 Å². The third-order valence-corrected chi connectivity index (χ3v) is 2.36. The lowest BCUT2D eigenvalue weighted by Crippen LogP contribution is -1.85. The van der Waals surface area contributed by atoms with E-state index in [1.54, 1.807) is 7.11 Å². The van der Waals surface area contributed by atoms with E-state index in [-0.39, 0.29) is 0 Å². The number of hydrogen-bond donors (Lipinski definition) is 1. The number of nitrogens with zero attached hydrogens (tertiary/aromatic N) is 1. The molecule has 0 spiro atoms. The Bertz CT molecular complexity index is 517. The third kappa shape index (κ3) is 1.82. The third-order valence-electron chi connectivity index (χ3n) is 2.36. The summed E-state index contributed by atoms with van der Waals surface area (Å²) in [5, 5.41) is 0. The standard InChI is InChI=1S/C12H12N2O2/c1-8-12(14-11(7-15)13-8)9-4-3-5-10(6-9)16-2/h3-7H,1-2H3,(H,13,14). The summed E-state index contributed by atoms with van der Waals surface area (Å²) in [7, 11) is 1.62. The minimum absolute atomic E-state index is 0.343. The summed E-state index contributed by atoms with van der Waals surface area (Å²) in [5.41, 5.74) is 2.58. The van der Waals surface area contributed by atoms with Crippen LogP contribution >= 0.6 is 0 Å². The molecule has 1 aromatic carbocycles. The molecule has 2 rings (SSSR count). The molecule has 0 saturated carbocycles. The first-order chi connectivity index (χ1) is 7.74. The predicted octanol–water partition coefficient (Wildman–Crippen LogP) is 2.21. The molecule has 1 heterocycles. The highest BCUT2D eigenvalue weighted by Gasteiger charge is 2.08. The Kier molecular flexibility index (Phi) is 2.72. The highest BCUT2D eigenvalue weighted by molar-refractivity contribution is 5.73. The van der Waals surface area contributed by atoms with E-state index in [0.717, 1.165) is 22.7 Å². The molecule has 0 amide bonds. The normalized spacial score (nSPS) is 10.1. The number of aromatic nitrogens is 2. The molecule has 0 aliphatic rings. The number of hydrogen-bond acceptors (Lipinski definition) is 3. The topological polar surface area (TPSA) is 55.0 Å². The molecule has 0 saturated heterocycles. The molecule has 16 heavy (non-hydrogen) atoms. The van der Waals surface area contributed by atoms with Gasteiger partial charge in [-0.15, -0.1) is 0 Å². The number of nitrogens with one attached hydrogen (secondary N) is 1. The van der Waals surface area contributed by atoms with Crippen molar-refractivity contribution in [3.8, 4) is 17.0 Å². The highest BCUT2D eigenvalue weighted by atomic mass is 16.5. The SMILES string of the molecule is COc1cccc(-c2nc(C=O)[nH]c2C)c1. The smallest absolute Gasteiger partial charge is 0.185 e. The number of ether oxygens (including phenoxy) is 1. The zero-order valence-electron chi connectivity index (χ0n) is 9.15. The van der Waals surface area contributed by atoms with Crippen LogP contribution < -0.4 is 4.74 Å². The molecule has 0 fully saturated rings. The number of aryl methyl sites for hydroxylation is 1. The molecular weight excluding hydrogens is 204 g/mol. The van der Waals surface area contributed by atoms with Gasteiger partial charge in [-0.1, -0.05) is 12.1 Å². The van der Waals surface area contributed by atoms with Gasteiger partial charge in [0, 0.05) is 11.3 Å². The first-order valence-electron chi connectivity index (χ1n) is 4.91. The number of H-pyrrole nitrogens is 1. The fourth-order valence-electron chi connectivity index (χ4n) is 1.59. The van der Waals surface area contributed by atoms with Gasteiger partial charge in [-0.2, -0.15) is 0 Å². The number of carbonyl (C=O) groups excluding carboxylic acids is 1. The molecular formula is C12H12N2O2. The quantitative estimate of drug-likeness (QED) is 0.800. The maximum absolute atomic E-state index is 10.6. The van der Waals surface area contributed by atoms with Gasteiger partial charge in [0.25, 0.3) is 0 Å². The van der Waals surface area contributed by atoms with E-state index >= 15 is 0 Å². The molecule has 0 aliphatic carbocycles. The van der Waals surface area contributed by atoms with E-state index in [0.29, 0.717) is 12.1 Å². The lowest BCUT2D eigenvalue weighted by Gasteiger charge is -2.02. The molecule has 0 radical (unpaired) electrons. The number of aldehydes is 1. The van der Waals surface area contributed by atoms with E-state index in [9.17, 15) is 4.79 Å². The number of methoxy groups -OCH3 is 1. The van der Waals surface area contributed by atoms with Crippen molar-refractivity contribution in [2.75, 3.05) is 7.11 Å². The van der Waals surface area contributed by atoms with Crippen LogP contribution in [0.4, 0.5) is 0 Å². The Morgan fingerprint density at radius 1 is 1.44 bits per heavy atom. The molecule has 0 aliphatic heterocycles. The van der Waals surface area contributed by atoms with E-state index < -0.39 is 0 Å². The molecule has 4 heteroatoms. The highest BCUT2D eigenvalue weighted by Crippen LogP contribution is 2.24. The zero-order chi connectivity index (χ0) is 11.5. The van der Waals surface area contributed by atoms with Gasteiger partial charge in [0.05, 0.1) is 12.8 Å². The second-order valence-corrected chi connectivity index (χ2v) is 3.45. The van der Waals surface area contributed by atoms with Crippen LogP contribution in [0.15, 0.2) is 24.3 Å². The van der Waals surface area contributed by atoms with Crippen molar-refractivity contribution in [2.24, 2.45) is 0 Å². The number of imidazole rings is 1. The van der Waals surface area contributed by atoms with E-state index in [2.05, 4.69) is 9.97 Å². The van der Waals surface area contributed by atoms with Crippen LogP contribution in [0.3, 0.4) is 0 Å². The lowest BCUT2D eigenvalue weighted by molar-refractivity contribution is 0.111. The van der Waals surface area contributed by atoms with E-state index in [1.165, 1.54) is 0 Å². The largest absolute Gasteiger partial charge is 0.497 e. The molecule has 0 atom stereocenters. The van der Waals surface area contributed by atoms with Gasteiger partial charge in [-0.3, -0.25) is 4.79 Å². The van der Waals surface area contributed by atoms with E-state index in [4.69, 9.17) is 4.74 Å². The minimum atomic E-state index is 0.343. The summed E-state index contributed by atoms with van der Waals surface area (Å²) in [6.45, 7) is 1.88. The monoisotopic (exact) mass is 216 g/mol. The summed E-state index contributed by atoms with van der Waals surface area (Å²) in [6, 6.07) is 7.58. The van der Waals surface area contributed by atoms with Crippen molar-refractivity contribution >= 4 is 6.29 Å². The van der Waals surface area contributed by atoms with Gasteiger partial charge in [-0.25, -0.2) is 4.98 Å². The van der Waals surface area contributed by atoms with Crippen molar-refractivity contribution in [1.82, 2.24) is 9.97 Å². The maximum atomic E-state index is 10.6. The van der Waals surface area contributed by atoms with Gasteiger partial charge < -0.3 is 9.72 Å². The summed E-state index contributed by atoms with van der Waals surface area (Å²) in [6.07, 6.45) is 0.705. The van der Waals surface area contributed by atoms with Crippen LogP contribution in [0.2, 0.25) is 0 Å². The number of carbonyl (C=O) groups is 1. The Morgan fingerprint density at radius 3 is 2.88 bits per heavy atom. The first kappa shape index (κ1) is 10.4. The predicted molar refractivity (Wildman–Crippen MR) is 60.7 cm³/mol. The molecule has 1 aromatic heterocycles. The second-order valence-electron chi connectivity index (χ2n) is 3.45. The average Bonchev–Trinajstić information content (AvgIpc) is 2.71. The van der Waals surface area contributed by atoms with Crippen LogP contribution in [0, 0.1) is 6.92 Å². The van der Waals surface area contributed by atoms with Gasteiger partial charge in [0.15, 0.2) is 12.1 Å². The first-order valence-corrected chi connectivity index (χ1v) is 4.91. The van der Waals surface area contributed by atoms with Crippen molar-refractivity contribution in [1.29, 1.82) is 0 Å². The molecule has 0 bridgehead atoms. The fourth-order valence-corrected chi connectivity index (χ4v) is 1.59. The summed E-state index contributed by atoms with van der Waals surface area (Å²) in [4.78, 5) is 17.7. The van der Waals surface area contributed by atoms with Gasteiger partial charge in [0.1, 0.15) is 5.75 Å². The van der Waals surface area contributed by atoms with Crippen molar-refractivity contribution in [3.63, 3.8) is 0 Å². The van der Waals surface area contributed by atoms with Crippen LogP contribution in [-0.4, -0.2) is 23.4 Å². The van der Waals surface area contributed by atoms with Crippen molar-refractivity contribution in [2.45, 2.75) is 6.92 Å². The summed E-state index contributed by atoms with van der Waals surface area (Å²) in [5.74, 6) is 1.11. The van der Waals surface area contributed by atoms with Crippen molar-refractivity contribution < 1.29 is 9.53 Å². The summed E-state index contributed by atoms with van der Waals surface area (Å²) < 4.78 is 5.14. The Balaban J connectivity index is 2.48. The maximum Gasteiger partial charge on any atom is 0.185 e. The fraction of sp³-hybridized carbons (Fsp3) is 0.167. The van der Waals surface area contributed by atoms with Crippen LogP contribution in [0.5, 0.6) is 5.75 Å². The Hall–Kier alpha value is -2.10. The van der Waals surface area contributed by atoms with Crippen LogP contribution in [0.25, 0.3) is 11.3 Å². The van der Waals surface area contributed by atoms with Crippen LogP contribution in [-0.2, 0) is 0 Å². The van der Waals surface area contributed by atoms with Crippen molar-refractivity contribution in [3.05, 3.63) is 35.8 Å². The molecule has 82 valence electrons. The molecule has 0 unspecified atom stereocenters. The number of benzene rings is 1. The number of aromatic amines is 1. The van der Waals surface area contributed by atoms with Gasteiger partial charge >= 0.3 is 0 Å². The van der Waals surface area contributed by atoms with Crippen LogP contribution in [0.1, 0.15) is 16.3 Å². The summed E-state index contributed by atoms with van der Waals surface area (Å²) >= 11 is 0. The minimum Gasteiger partial charge on any atom is -0.497 e. The lowest BCUT2D eigenvalue weighted by atomic mass is 10.1. The second kappa shape index (κ2) is 4.18. The average molecular weight is 216 g/mol. The molecule has 4 nitrogen and oxygen atoms in total. The van der Waals surface area contributed by atoms with Gasteiger partial charge in [0.2, 0.25) is 0 Å². The zero-order valence-corrected chi connectivity index (χ0v) is 9.15. The Morgan fingerprint density at radius 2 is 2.25 bits per heavy atom. The van der Waals surface area contributed by atoms with E-state index in [1.807, 2.05) is 31.2 Å². The number of rotatable bonds is 3. The Labute approximate surface area is 93.3 Å². The molecule has 2 aromatic rings.